The molecule has 5 heteroatoms. The number of nitrogen functional groups attached to an aromatic ring is 1. The Hall–Kier alpha value is -1.46. The third kappa shape index (κ3) is 4.79. The fourth-order valence-corrected chi connectivity index (χ4v) is 2.49. The molecular weight excluding hydrogens is 266 g/mol. The van der Waals surface area contributed by atoms with Crippen molar-refractivity contribution in [1.82, 2.24) is 4.90 Å². The quantitative estimate of drug-likeness (QED) is 0.755. The number of anilines is 2. The molecule has 1 atom stereocenters. The van der Waals surface area contributed by atoms with Crippen LogP contribution in [-0.4, -0.2) is 50.4 Å². The number of ether oxygens (including phenoxy) is 2. The van der Waals surface area contributed by atoms with Gasteiger partial charge >= 0.3 is 0 Å². The van der Waals surface area contributed by atoms with Crippen molar-refractivity contribution >= 4 is 11.4 Å². The molecule has 1 aliphatic heterocycles. The van der Waals surface area contributed by atoms with Crippen LogP contribution >= 0.6 is 0 Å². The molecule has 0 saturated carbocycles. The molecule has 0 radical (unpaired) electrons. The average Bonchev–Trinajstić information content (AvgIpc) is 2.49. The highest BCUT2D eigenvalue weighted by atomic mass is 16.5. The lowest BCUT2D eigenvalue weighted by molar-refractivity contribution is 0.0368. The van der Waals surface area contributed by atoms with Gasteiger partial charge in [-0.2, -0.15) is 0 Å². The van der Waals surface area contributed by atoms with E-state index in [1.54, 1.807) is 0 Å². The minimum absolute atomic E-state index is 0.326. The Balaban J connectivity index is 1.91. The zero-order valence-electron chi connectivity index (χ0n) is 13.1. The molecule has 0 bridgehead atoms. The number of nitrogens with one attached hydrogen (secondary N) is 1. The van der Waals surface area contributed by atoms with Crippen molar-refractivity contribution in [3.8, 4) is 5.75 Å². The average molecular weight is 293 g/mol. The van der Waals surface area contributed by atoms with Crippen LogP contribution in [0.2, 0.25) is 0 Å². The van der Waals surface area contributed by atoms with E-state index in [1.807, 2.05) is 18.2 Å². The third-order valence-electron chi connectivity index (χ3n) is 3.57. The first-order valence-electron chi connectivity index (χ1n) is 7.78. The summed E-state index contributed by atoms with van der Waals surface area (Å²) in [6, 6.07) is 6.23. The molecule has 21 heavy (non-hydrogen) atoms. The molecule has 0 spiro atoms. The molecule has 3 N–H and O–H groups in total. The first-order valence-corrected chi connectivity index (χ1v) is 7.78. The van der Waals surface area contributed by atoms with E-state index in [0.29, 0.717) is 18.3 Å². The van der Waals surface area contributed by atoms with Crippen molar-refractivity contribution in [2.45, 2.75) is 26.3 Å². The standard InChI is InChI=1S/C16H27N3O2/c1-3-9-21-15-6-4-5-14(16(15)17)18-13(2)12-19-7-10-20-11-8-19/h4-6,13,18H,3,7-12,17H2,1-2H3. The van der Waals surface area contributed by atoms with Crippen LogP contribution in [-0.2, 0) is 4.74 Å². The van der Waals surface area contributed by atoms with Gasteiger partial charge in [0.2, 0.25) is 0 Å². The van der Waals surface area contributed by atoms with Gasteiger partial charge in [0, 0.05) is 25.7 Å². The van der Waals surface area contributed by atoms with Crippen LogP contribution in [0, 0.1) is 0 Å². The summed E-state index contributed by atoms with van der Waals surface area (Å²) in [5.74, 6) is 0.764. The van der Waals surface area contributed by atoms with E-state index in [1.165, 1.54) is 0 Å². The molecule has 0 aromatic heterocycles. The molecule has 2 rings (SSSR count). The molecule has 1 saturated heterocycles. The number of nitrogens with zero attached hydrogens (tertiary/aromatic N) is 1. The van der Waals surface area contributed by atoms with Crippen molar-refractivity contribution < 1.29 is 9.47 Å². The van der Waals surface area contributed by atoms with Crippen LogP contribution in [0.25, 0.3) is 0 Å². The van der Waals surface area contributed by atoms with Crippen LogP contribution in [0.15, 0.2) is 18.2 Å². The van der Waals surface area contributed by atoms with Gasteiger partial charge in [-0.1, -0.05) is 13.0 Å². The van der Waals surface area contributed by atoms with Crippen LogP contribution in [0.1, 0.15) is 20.3 Å². The number of rotatable bonds is 7. The van der Waals surface area contributed by atoms with E-state index in [4.69, 9.17) is 15.2 Å². The number of nitrogens with two attached hydrogens (primary N) is 1. The second-order valence-corrected chi connectivity index (χ2v) is 5.52. The van der Waals surface area contributed by atoms with Gasteiger partial charge in [0.25, 0.3) is 0 Å². The summed E-state index contributed by atoms with van der Waals surface area (Å²) < 4.78 is 11.0. The summed E-state index contributed by atoms with van der Waals surface area (Å²) >= 11 is 0. The maximum absolute atomic E-state index is 6.18. The van der Waals surface area contributed by atoms with Crippen LogP contribution in [0.4, 0.5) is 11.4 Å². The molecule has 118 valence electrons. The third-order valence-corrected chi connectivity index (χ3v) is 3.57. The molecule has 0 amide bonds. The smallest absolute Gasteiger partial charge is 0.144 e. The van der Waals surface area contributed by atoms with E-state index in [9.17, 15) is 0 Å². The molecule has 0 aliphatic carbocycles. The van der Waals surface area contributed by atoms with Crippen LogP contribution in [0.3, 0.4) is 0 Å². The van der Waals surface area contributed by atoms with Crippen molar-refractivity contribution in [1.29, 1.82) is 0 Å². The largest absolute Gasteiger partial charge is 0.491 e. The van der Waals surface area contributed by atoms with Crippen LogP contribution in [0.5, 0.6) is 5.75 Å². The highest BCUT2D eigenvalue weighted by Gasteiger charge is 2.15. The molecule has 1 aromatic carbocycles. The monoisotopic (exact) mass is 293 g/mol. The highest BCUT2D eigenvalue weighted by molar-refractivity contribution is 5.73. The Labute approximate surface area is 127 Å². The minimum Gasteiger partial charge on any atom is -0.491 e. The summed E-state index contributed by atoms with van der Waals surface area (Å²) in [6.45, 7) is 9.60. The number of para-hydroxylation sites is 1. The van der Waals surface area contributed by atoms with E-state index < -0.39 is 0 Å². The molecule has 1 unspecified atom stereocenters. The predicted octanol–water partition coefficient (Wildman–Crippen LogP) is 2.19. The van der Waals surface area contributed by atoms with Crippen molar-refractivity contribution in [2.24, 2.45) is 0 Å². The molecular formula is C16H27N3O2. The lowest BCUT2D eigenvalue weighted by Gasteiger charge is -2.30. The predicted molar refractivity (Wildman–Crippen MR) is 87.0 cm³/mol. The van der Waals surface area contributed by atoms with Crippen molar-refractivity contribution in [3.05, 3.63) is 18.2 Å². The van der Waals surface area contributed by atoms with Gasteiger partial charge in [-0.05, 0) is 25.5 Å². The van der Waals surface area contributed by atoms with E-state index in [-0.39, 0.29) is 0 Å². The second-order valence-electron chi connectivity index (χ2n) is 5.52. The molecule has 1 heterocycles. The highest BCUT2D eigenvalue weighted by Crippen LogP contribution is 2.30. The number of benzene rings is 1. The van der Waals surface area contributed by atoms with Crippen molar-refractivity contribution in [2.75, 3.05) is 50.5 Å². The SMILES string of the molecule is CCCOc1cccc(NC(C)CN2CCOCC2)c1N. The van der Waals surface area contributed by atoms with Gasteiger partial charge < -0.3 is 20.5 Å². The molecule has 5 nitrogen and oxygen atoms in total. The molecule has 1 aromatic rings. The second kappa shape index (κ2) is 8.10. The van der Waals surface area contributed by atoms with E-state index in [2.05, 4.69) is 24.1 Å². The molecule has 1 aliphatic rings. The van der Waals surface area contributed by atoms with E-state index >= 15 is 0 Å². The van der Waals surface area contributed by atoms with Gasteiger partial charge in [-0.25, -0.2) is 0 Å². The Morgan fingerprint density at radius 1 is 1.38 bits per heavy atom. The zero-order valence-corrected chi connectivity index (χ0v) is 13.1. The Morgan fingerprint density at radius 3 is 2.86 bits per heavy atom. The summed E-state index contributed by atoms with van der Waals surface area (Å²) in [6.07, 6.45) is 0.977. The summed E-state index contributed by atoms with van der Waals surface area (Å²) in [4.78, 5) is 2.41. The number of hydrogen-bond donors (Lipinski definition) is 2. The van der Waals surface area contributed by atoms with Gasteiger partial charge in [-0.3, -0.25) is 4.90 Å². The zero-order chi connectivity index (χ0) is 15.1. The van der Waals surface area contributed by atoms with Crippen LogP contribution < -0.4 is 15.8 Å². The summed E-state index contributed by atoms with van der Waals surface area (Å²) in [7, 11) is 0. The maximum Gasteiger partial charge on any atom is 0.144 e. The summed E-state index contributed by atoms with van der Waals surface area (Å²) in [5.41, 5.74) is 7.83. The van der Waals surface area contributed by atoms with Gasteiger partial charge in [0.1, 0.15) is 5.75 Å². The first-order chi connectivity index (χ1) is 10.2. The van der Waals surface area contributed by atoms with Crippen molar-refractivity contribution in [3.63, 3.8) is 0 Å². The maximum atomic E-state index is 6.18. The Bertz CT molecular complexity index is 434. The van der Waals surface area contributed by atoms with Gasteiger partial charge in [0.15, 0.2) is 0 Å². The molecule has 1 fully saturated rings. The minimum atomic E-state index is 0.326. The lowest BCUT2D eigenvalue weighted by Crippen LogP contribution is -2.42. The fourth-order valence-electron chi connectivity index (χ4n) is 2.49. The first kappa shape index (κ1) is 15.9. The number of morpholine rings is 1. The van der Waals surface area contributed by atoms with E-state index in [0.717, 1.165) is 50.7 Å². The number of hydrogen-bond acceptors (Lipinski definition) is 5. The fraction of sp³-hybridized carbons (Fsp3) is 0.625. The normalized spacial score (nSPS) is 17.4. The topological polar surface area (TPSA) is 59.8 Å². The van der Waals surface area contributed by atoms with Gasteiger partial charge in [-0.15, -0.1) is 0 Å². The Kier molecular flexibility index (Phi) is 6.14. The Morgan fingerprint density at radius 2 is 2.14 bits per heavy atom. The lowest BCUT2D eigenvalue weighted by atomic mass is 10.2. The van der Waals surface area contributed by atoms with Gasteiger partial charge in [0.05, 0.1) is 31.2 Å². The summed E-state index contributed by atoms with van der Waals surface area (Å²) in [5, 5.41) is 3.49.